The third kappa shape index (κ3) is 3.52. The Kier molecular flexibility index (Phi) is 4.81. The fraction of sp³-hybridized carbons (Fsp3) is 0.556. The van der Waals surface area contributed by atoms with Gasteiger partial charge in [0.1, 0.15) is 0 Å². The minimum atomic E-state index is -0.789. The minimum absolute atomic E-state index is 0.0735. The molecule has 1 aromatic rings. The summed E-state index contributed by atoms with van der Waals surface area (Å²) in [6, 6.07) is 9.22. The van der Waals surface area contributed by atoms with E-state index in [9.17, 15) is 14.7 Å². The molecule has 1 saturated carbocycles. The van der Waals surface area contributed by atoms with Crippen LogP contribution in [0.3, 0.4) is 0 Å². The highest BCUT2D eigenvalue weighted by Gasteiger charge is 2.46. The molecule has 0 amide bonds. The molecule has 0 aromatic heterocycles. The number of aliphatic carboxylic acids is 1. The van der Waals surface area contributed by atoms with Crippen LogP contribution in [0.4, 0.5) is 0 Å². The molecule has 2 unspecified atom stereocenters. The summed E-state index contributed by atoms with van der Waals surface area (Å²) in [5, 5.41) is 9.31. The number of carbonyl (C=O) groups excluding carboxylic acids is 1. The van der Waals surface area contributed by atoms with E-state index in [2.05, 4.69) is 13.8 Å². The summed E-state index contributed by atoms with van der Waals surface area (Å²) in [5.74, 6) is 0.0181. The van der Waals surface area contributed by atoms with Crippen LogP contribution < -0.4 is 0 Å². The van der Waals surface area contributed by atoms with E-state index >= 15 is 0 Å². The maximum absolute atomic E-state index is 12.6. The molecule has 3 nitrogen and oxygen atoms in total. The van der Waals surface area contributed by atoms with Gasteiger partial charge in [0.2, 0.25) is 0 Å². The summed E-state index contributed by atoms with van der Waals surface area (Å²) >= 11 is 0. The molecule has 1 aliphatic rings. The summed E-state index contributed by atoms with van der Waals surface area (Å²) in [4.78, 5) is 23.9. The van der Waals surface area contributed by atoms with Crippen molar-refractivity contribution in [2.24, 2.45) is 17.3 Å². The molecule has 0 saturated heterocycles. The van der Waals surface area contributed by atoms with Crippen molar-refractivity contribution >= 4 is 11.8 Å². The van der Waals surface area contributed by atoms with Gasteiger partial charge < -0.3 is 5.11 Å². The Morgan fingerprint density at radius 3 is 2.48 bits per heavy atom. The van der Waals surface area contributed by atoms with Gasteiger partial charge in [-0.1, -0.05) is 50.6 Å². The molecular formula is C18H24O3. The van der Waals surface area contributed by atoms with Gasteiger partial charge in [0.15, 0.2) is 5.78 Å². The minimum Gasteiger partial charge on any atom is -0.481 e. The Hall–Kier alpha value is -1.64. The second kappa shape index (κ2) is 6.42. The number of benzene rings is 1. The van der Waals surface area contributed by atoms with E-state index in [4.69, 9.17) is 0 Å². The van der Waals surface area contributed by atoms with E-state index in [1.807, 2.05) is 30.3 Å². The first-order valence-electron chi connectivity index (χ1n) is 7.75. The number of rotatable bonds is 6. The summed E-state index contributed by atoms with van der Waals surface area (Å²) in [6.45, 7) is 4.28. The van der Waals surface area contributed by atoms with E-state index in [1.54, 1.807) is 0 Å². The summed E-state index contributed by atoms with van der Waals surface area (Å²) < 4.78 is 0. The van der Waals surface area contributed by atoms with Crippen molar-refractivity contribution in [1.29, 1.82) is 0 Å². The van der Waals surface area contributed by atoms with Crippen LogP contribution in [0, 0.1) is 17.3 Å². The number of hydrogen-bond donors (Lipinski definition) is 1. The maximum Gasteiger partial charge on any atom is 0.303 e. The Balaban J connectivity index is 2.24. The topological polar surface area (TPSA) is 54.4 Å². The van der Waals surface area contributed by atoms with Gasteiger partial charge in [-0.05, 0) is 30.1 Å². The molecule has 0 radical (unpaired) electrons. The van der Waals surface area contributed by atoms with Crippen LogP contribution in [0.25, 0.3) is 0 Å². The number of carboxylic acid groups (broad SMARTS) is 1. The van der Waals surface area contributed by atoms with Gasteiger partial charge in [-0.15, -0.1) is 0 Å². The number of hydrogen-bond acceptors (Lipinski definition) is 2. The Labute approximate surface area is 126 Å². The van der Waals surface area contributed by atoms with Crippen LogP contribution in [-0.4, -0.2) is 16.9 Å². The SMILES string of the molecule is CC(C)C1CCCC1(CC(=O)O)CC(=O)c1ccccc1. The molecule has 114 valence electrons. The lowest BCUT2D eigenvalue weighted by atomic mass is 9.67. The molecule has 3 heteroatoms. The zero-order chi connectivity index (χ0) is 15.5. The average molecular weight is 288 g/mol. The quantitative estimate of drug-likeness (QED) is 0.799. The maximum atomic E-state index is 12.6. The first-order chi connectivity index (χ1) is 9.94. The fourth-order valence-corrected chi connectivity index (χ4v) is 4.05. The lowest BCUT2D eigenvalue weighted by Gasteiger charge is -2.36. The van der Waals surface area contributed by atoms with Crippen molar-refractivity contribution in [3.05, 3.63) is 35.9 Å². The standard InChI is InChI=1S/C18H24O3/c1-13(2)15-9-6-10-18(15,12-17(20)21)11-16(19)14-7-4-3-5-8-14/h3-5,7-8,13,15H,6,9-12H2,1-2H3,(H,20,21). The van der Waals surface area contributed by atoms with E-state index in [0.717, 1.165) is 19.3 Å². The van der Waals surface area contributed by atoms with Crippen molar-refractivity contribution in [2.45, 2.75) is 46.0 Å². The highest BCUT2D eigenvalue weighted by atomic mass is 16.4. The van der Waals surface area contributed by atoms with Gasteiger partial charge in [-0.25, -0.2) is 0 Å². The number of carboxylic acids is 1. The highest BCUT2D eigenvalue weighted by Crippen LogP contribution is 2.52. The van der Waals surface area contributed by atoms with Gasteiger partial charge in [0, 0.05) is 12.0 Å². The molecule has 0 heterocycles. The second-order valence-electron chi connectivity index (χ2n) is 6.64. The Morgan fingerprint density at radius 2 is 1.90 bits per heavy atom. The van der Waals surface area contributed by atoms with Crippen molar-refractivity contribution in [1.82, 2.24) is 0 Å². The normalized spacial score (nSPS) is 25.2. The Morgan fingerprint density at radius 1 is 1.24 bits per heavy atom. The number of carbonyl (C=O) groups is 2. The summed E-state index contributed by atoms with van der Waals surface area (Å²) in [7, 11) is 0. The Bertz CT molecular complexity index is 506. The van der Waals surface area contributed by atoms with Gasteiger partial charge in [-0.2, -0.15) is 0 Å². The predicted molar refractivity (Wildman–Crippen MR) is 82.3 cm³/mol. The number of ketones is 1. The van der Waals surface area contributed by atoms with Crippen LogP contribution in [0.5, 0.6) is 0 Å². The smallest absolute Gasteiger partial charge is 0.303 e. The van der Waals surface area contributed by atoms with Gasteiger partial charge in [0.05, 0.1) is 6.42 Å². The molecular weight excluding hydrogens is 264 g/mol. The molecule has 0 bridgehead atoms. The lowest BCUT2D eigenvalue weighted by molar-refractivity contribution is -0.140. The molecule has 0 aliphatic heterocycles. The molecule has 1 aromatic carbocycles. The van der Waals surface area contributed by atoms with Crippen LogP contribution >= 0.6 is 0 Å². The largest absolute Gasteiger partial charge is 0.481 e. The van der Waals surface area contributed by atoms with Crippen LogP contribution in [-0.2, 0) is 4.79 Å². The van der Waals surface area contributed by atoms with E-state index < -0.39 is 5.97 Å². The third-order valence-corrected chi connectivity index (χ3v) is 4.89. The highest BCUT2D eigenvalue weighted by molar-refractivity contribution is 5.96. The van der Waals surface area contributed by atoms with Crippen molar-refractivity contribution < 1.29 is 14.7 Å². The molecule has 0 spiro atoms. The first-order valence-corrected chi connectivity index (χ1v) is 7.75. The van der Waals surface area contributed by atoms with Gasteiger partial charge >= 0.3 is 5.97 Å². The van der Waals surface area contributed by atoms with Crippen molar-refractivity contribution in [3.8, 4) is 0 Å². The predicted octanol–water partition coefficient (Wildman–Crippen LogP) is 4.18. The fourth-order valence-electron chi connectivity index (χ4n) is 4.05. The van der Waals surface area contributed by atoms with Crippen LogP contribution in [0.15, 0.2) is 30.3 Å². The molecule has 2 rings (SSSR count). The summed E-state index contributed by atoms with van der Waals surface area (Å²) in [5.41, 5.74) is 0.323. The monoisotopic (exact) mass is 288 g/mol. The van der Waals surface area contributed by atoms with Crippen LogP contribution in [0.2, 0.25) is 0 Å². The van der Waals surface area contributed by atoms with E-state index in [1.165, 1.54) is 0 Å². The van der Waals surface area contributed by atoms with Crippen molar-refractivity contribution in [3.63, 3.8) is 0 Å². The lowest BCUT2D eigenvalue weighted by Crippen LogP contribution is -2.34. The molecule has 2 atom stereocenters. The first kappa shape index (κ1) is 15.7. The van der Waals surface area contributed by atoms with E-state index in [-0.39, 0.29) is 17.6 Å². The molecule has 1 aliphatic carbocycles. The van der Waals surface area contributed by atoms with Gasteiger partial charge in [0.25, 0.3) is 0 Å². The zero-order valence-electron chi connectivity index (χ0n) is 12.8. The molecule has 21 heavy (non-hydrogen) atoms. The van der Waals surface area contributed by atoms with Gasteiger partial charge in [-0.3, -0.25) is 9.59 Å². The van der Waals surface area contributed by atoms with Crippen LogP contribution in [0.1, 0.15) is 56.3 Å². The zero-order valence-corrected chi connectivity index (χ0v) is 12.8. The van der Waals surface area contributed by atoms with Crippen molar-refractivity contribution in [2.75, 3.05) is 0 Å². The third-order valence-electron chi connectivity index (χ3n) is 4.89. The average Bonchev–Trinajstić information content (AvgIpc) is 2.82. The number of Topliss-reactive ketones (excluding diaryl/α,β-unsaturated/α-hetero) is 1. The molecule has 1 fully saturated rings. The second-order valence-corrected chi connectivity index (χ2v) is 6.64. The molecule has 1 N–H and O–H groups in total. The van der Waals surface area contributed by atoms with E-state index in [0.29, 0.717) is 23.8 Å². The summed E-state index contributed by atoms with van der Waals surface area (Å²) in [6.07, 6.45) is 3.37.